The SMILES string of the molecule is COc1cccc(F)c1C(Br)c1cccc2ccccc12. The molecule has 0 saturated heterocycles. The maximum atomic E-state index is 14.3. The third-order valence-corrected chi connectivity index (χ3v) is 4.53. The number of ether oxygens (including phenoxy) is 1. The summed E-state index contributed by atoms with van der Waals surface area (Å²) in [5.41, 5.74) is 1.55. The second-order valence-corrected chi connectivity index (χ2v) is 5.70. The van der Waals surface area contributed by atoms with E-state index in [1.165, 1.54) is 6.07 Å². The van der Waals surface area contributed by atoms with Gasteiger partial charge in [0.2, 0.25) is 0 Å². The molecule has 0 aliphatic heterocycles. The molecule has 3 heteroatoms. The molecular formula is C18H14BrFO. The fourth-order valence-electron chi connectivity index (χ4n) is 2.57. The first kappa shape index (κ1) is 14.1. The summed E-state index contributed by atoms with van der Waals surface area (Å²) in [5.74, 6) is 0.272. The van der Waals surface area contributed by atoms with Gasteiger partial charge in [0.15, 0.2) is 0 Å². The summed E-state index contributed by atoms with van der Waals surface area (Å²) in [6.45, 7) is 0. The van der Waals surface area contributed by atoms with E-state index < -0.39 is 0 Å². The normalized spacial score (nSPS) is 12.3. The smallest absolute Gasteiger partial charge is 0.131 e. The predicted molar refractivity (Wildman–Crippen MR) is 87.7 cm³/mol. The van der Waals surface area contributed by atoms with Gasteiger partial charge in [0, 0.05) is 5.56 Å². The van der Waals surface area contributed by atoms with Gasteiger partial charge in [-0.1, -0.05) is 64.5 Å². The van der Waals surface area contributed by atoms with Crippen LogP contribution in [0.4, 0.5) is 4.39 Å². The van der Waals surface area contributed by atoms with Gasteiger partial charge in [0.25, 0.3) is 0 Å². The number of methoxy groups -OCH3 is 1. The highest BCUT2D eigenvalue weighted by Gasteiger charge is 2.21. The van der Waals surface area contributed by atoms with Gasteiger partial charge in [0.1, 0.15) is 11.6 Å². The summed E-state index contributed by atoms with van der Waals surface area (Å²) in [4.78, 5) is -0.264. The van der Waals surface area contributed by atoms with Gasteiger partial charge in [-0.15, -0.1) is 0 Å². The minimum atomic E-state index is -0.274. The zero-order valence-corrected chi connectivity index (χ0v) is 13.1. The molecule has 0 bridgehead atoms. The Morgan fingerprint density at radius 1 is 0.952 bits per heavy atom. The summed E-state index contributed by atoms with van der Waals surface area (Å²) in [6.07, 6.45) is 0. The van der Waals surface area contributed by atoms with E-state index in [9.17, 15) is 4.39 Å². The molecule has 21 heavy (non-hydrogen) atoms. The van der Waals surface area contributed by atoms with E-state index in [2.05, 4.69) is 28.1 Å². The van der Waals surface area contributed by atoms with Crippen LogP contribution >= 0.6 is 15.9 Å². The Balaban J connectivity index is 2.20. The molecule has 3 rings (SSSR count). The molecule has 0 N–H and O–H groups in total. The summed E-state index contributed by atoms with van der Waals surface area (Å²) in [7, 11) is 1.56. The van der Waals surface area contributed by atoms with E-state index in [-0.39, 0.29) is 10.6 Å². The number of benzene rings is 3. The molecule has 0 radical (unpaired) electrons. The fourth-order valence-corrected chi connectivity index (χ4v) is 3.41. The molecule has 0 aromatic heterocycles. The lowest BCUT2D eigenvalue weighted by Gasteiger charge is -2.17. The van der Waals surface area contributed by atoms with Crippen LogP contribution in [0.2, 0.25) is 0 Å². The largest absolute Gasteiger partial charge is 0.496 e. The van der Waals surface area contributed by atoms with Gasteiger partial charge in [-0.05, 0) is 28.5 Å². The van der Waals surface area contributed by atoms with Crippen molar-refractivity contribution < 1.29 is 9.13 Å². The first-order valence-electron chi connectivity index (χ1n) is 6.66. The van der Waals surface area contributed by atoms with Crippen molar-refractivity contribution in [3.05, 3.63) is 77.6 Å². The van der Waals surface area contributed by atoms with Crippen molar-refractivity contribution in [2.45, 2.75) is 4.83 Å². The molecule has 3 aromatic carbocycles. The van der Waals surface area contributed by atoms with Crippen LogP contribution < -0.4 is 4.74 Å². The predicted octanol–water partition coefficient (Wildman–Crippen LogP) is 5.47. The first-order valence-corrected chi connectivity index (χ1v) is 7.58. The Morgan fingerprint density at radius 3 is 2.48 bits per heavy atom. The minimum absolute atomic E-state index is 0.264. The van der Waals surface area contributed by atoms with Crippen LogP contribution in [-0.2, 0) is 0 Å². The van der Waals surface area contributed by atoms with Crippen LogP contribution in [0.3, 0.4) is 0 Å². The van der Waals surface area contributed by atoms with Crippen LogP contribution in [0, 0.1) is 5.82 Å². The van der Waals surface area contributed by atoms with Crippen LogP contribution in [-0.4, -0.2) is 7.11 Å². The molecule has 0 saturated carbocycles. The molecular weight excluding hydrogens is 331 g/mol. The maximum absolute atomic E-state index is 14.3. The maximum Gasteiger partial charge on any atom is 0.131 e. The van der Waals surface area contributed by atoms with E-state index in [4.69, 9.17) is 4.74 Å². The van der Waals surface area contributed by atoms with Crippen molar-refractivity contribution in [1.82, 2.24) is 0 Å². The Morgan fingerprint density at radius 2 is 1.67 bits per heavy atom. The highest BCUT2D eigenvalue weighted by Crippen LogP contribution is 2.40. The lowest BCUT2D eigenvalue weighted by Crippen LogP contribution is -2.01. The zero-order chi connectivity index (χ0) is 14.8. The molecule has 0 aliphatic rings. The Bertz CT molecular complexity index is 780. The standard InChI is InChI=1S/C18H14BrFO/c1-21-16-11-5-10-15(20)17(16)18(19)14-9-4-7-12-6-2-3-8-13(12)14/h2-11,18H,1H3. The molecule has 1 atom stereocenters. The first-order chi connectivity index (χ1) is 10.2. The number of fused-ring (bicyclic) bond motifs is 1. The van der Waals surface area contributed by atoms with Gasteiger partial charge in [-0.2, -0.15) is 0 Å². The highest BCUT2D eigenvalue weighted by molar-refractivity contribution is 9.09. The molecule has 0 amide bonds. The highest BCUT2D eigenvalue weighted by atomic mass is 79.9. The van der Waals surface area contributed by atoms with Crippen molar-refractivity contribution in [3.8, 4) is 5.75 Å². The van der Waals surface area contributed by atoms with Crippen molar-refractivity contribution in [1.29, 1.82) is 0 Å². The lowest BCUT2D eigenvalue weighted by atomic mass is 9.97. The molecule has 1 unspecified atom stereocenters. The van der Waals surface area contributed by atoms with Gasteiger partial charge >= 0.3 is 0 Å². The summed E-state index contributed by atoms with van der Waals surface area (Å²) >= 11 is 3.64. The number of hydrogen-bond donors (Lipinski definition) is 0. The second-order valence-electron chi connectivity index (χ2n) is 4.79. The Labute approximate surface area is 131 Å². The minimum Gasteiger partial charge on any atom is -0.496 e. The van der Waals surface area contributed by atoms with Crippen LogP contribution in [0.1, 0.15) is 16.0 Å². The monoisotopic (exact) mass is 344 g/mol. The average Bonchev–Trinajstić information content (AvgIpc) is 2.53. The summed E-state index contributed by atoms with van der Waals surface area (Å²) in [5, 5.41) is 2.24. The molecule has 0 aliphatic carbocycles. The lowest BCUT2D eigenvalue weighted by molar-refractivity contribution is 0.405. The molecule has 106 valence electrons. The Kier molecular flexibility index (Phi) is 3.93. The summed E-state index contributed by atoms with van der Waals surface area (Å²) in [6, 6.07) is 19.0. The van der Waals surface area contributed by atoms with E-state index >= 15 is 0 Å². The van der Waals surface area contributed by atoms with Crippen LogP contribution in [0.5, 0.6) is 5.75 Å². The van der Waals surface area contributed by atoms with Gasteiger partial charge < -0.3 is 4.74 Å². The third-order valence-electron chi connectivity index (χ3n) is 3.58. The number of rotatable bonds is 3. The zero-order valence-electron chi connectivity index (χ0n) is 11.5. The van der Waals surface area contributed by atoms with Gasteiger partial charge in [-0.3, -0.25) is 0 Å². The number of hydrogen-bond acceptors (Lipinski definition) is 1. The van der Waals surface area contributed by atoms with Crippen LogP contribution in [0.15, 0.2) is 60.7 Å². The van der Waals surface area contributed by atoms with Crippen molar-refractivity contribution >= 4 is 26.7 Å². The number of halogens is 2. The second kappa shape index (κ2) is 5.86. The third kappa shape index (κ3) is 2.54. The van der Waals surface area contributed by atoms with Crippen molar-refractivity contribution in [3.63, 3.8) is 0 Å². The van der Waals surface area contributed by atoms with Gasteiger partial charge in [0.05, 0.1) is 11.9 Å². The van der Waals surface area contributed by atoms with Crippen LogP contribution in [0.25, 0.3) is 10.8 Å². The quantitative estimate of drug-likeness (QED) is 0.572. The summed E-state index contributed by atoms with van der Waals surface area (Å²) < 4.78 is 19.6. The topological polar surface area (TPSA) is 9.23 Å². The Hall–Kier alpha value is -1.87. The number of alkyl halides is 1. The average molecular weight is 345 g/mol. The van der Waals surface area contributed by atoms with E-state index in [1.54, 1.807) is 19.2 Å². The molecule has 1 nitrogen and oxygen atoms in total. The van der Waals surface area contributed by atoms with E-state index in [0.717, 1.165) is 16.3 Å². The fraction of sp³-hybridized carbons (Fsp3) is 0.111. The molecule has 0 spiro atoms. The molecule has 0 heterocycles. The van der Waals surface area contributed by atoms with Crippen molar-refractivity contribution in [2.24, 2.45) is 0 Å². The van der Waals surface area contributed by atoms with Gasteiger partial charge in [-0.25, -0.2) is 4.39 Å². The molecule has 3 aromatic rings. The van der Waals surface area contributed by atoms with E-state index in [0.29, 0.717) is 11.3 Å². The van der Waals surface area contributed by atoms with Crippen molar-refractivity contribution in [2.75, 3.05) is 7.11 Å². The van der Waals surface area contributed by atoms with E-state index in [1.807, 2.05) is 30.3 Å². The molecule has 0 fully saturated rings.